The zero-order chi connectivity index (χ0) is 11.1. The third-order valence-electron chi connectivity index (χ3n) is 2.67. The van der Waals surface area contributed by atoms with E-state index in [2.05, 4.69) is 10.2 Å². The molecule has 0 aromatic rings. The molecule has 15 heavy (non-hydrogen) atoms. The average Bonchev–Trinajstić information content (AvgIpc) is 2.25. The molecule has 0 aliphatic carbocycles. The Kier molecular flexibility index (Phi) is 6.05. The Morgan fingerprint density at radius 3 is 2.73 bits per heavy atom. The summed E-state index contributed by atoms with van der Waals surface area (Å²) >= 11 is 2.01. The Morgan fingerprint density at radius 1 is 1.53 bits per heavy atom. The van der Waals surface area contributed by atoms with Crippen molar-refractivity contribution in [2.45, 2.75) is 19.4 Å². The smallest absolute Gasteiger partial charge is 0.234 e. The second kappa shape index (κ2) is 7.09. The van der Waals surface area contributed by atoms with Crippen molar-refractivity contribution in [1.82, 2.24) is 10.2 Å². The minimum Gasteiger partial charge on any atom is -0.368 e. The first-order chi connectivity index (χ1) is 7.24. The van der Waals surface area contributed by atoms with Crippen LogP contribution in [0.3, 0.4) is 0 Å². The molecule has 4 nitrogen and oxygen atoms in total. The summed E-state index contributed by atoms with van der Waals surface area (Å²) in [4.78, 5) is 13.4. The molecule has 0 saturated carbocycles. The van der Waals surface area contributed by atoms with E-state index in [-0.39, 0.29) is 11.9 Å². The highest BCUT2D eigenvalue weighted by molar-refractivity contribution is 7.99. The Bertz CT molecular complexity index is 195. The van der Waals surface area contributed by atoms with Gasteiger partial charge in [-0.05, 0) is 6.42 Å². The molecule has 88 valence electrons. The van der Waals surface area contributed by atoms with Crippen molar-refractivity contribution >= 4 is 17.7 Å². The van der Waals surface area contributed by atoms with Crippen molar-refractivity contribution in [3.63, 3.8) is 0 Å². The van der Waals surface area contributed by atoms with Crippen LogP contribution in [-0.4, -0.2) is 54.5 Å². The van der Waals surface area contributed by atoms with Gasteiger partial charge in [0.05, 0.1) is 6.04 Å². The van der Waals surface area contributed by atoms with Gasteiger partial charge in [-0.15, -0.1) is 0 Å². The Hall–Kier alpha value is -0.260. The Labute approximate surface area is 96.0 Å². The molecule has 1 unspecified atom stereocenters. The predicted octanol–water partition coefficient (Wildman–Crippen LogP) is -0.111. The highest BCUT2D eigenvalue weighted by Gasteiger charge is 2.13. The number of carbonyl (C=O) groups excluding carboxylic acids is 1. The van der Waals surface area contributed by atoms with Crippen LogP contribution < -0.4 is 11.1 Å². The number of hydrogen-bond acceptors (Lipinski definition) is 4. The topological polar surface area (TPSA) is 58.4 Å². The first kappa shape index (κ1) is 12.8. The van der Waals surface area contributed by atoms with Crippen LogP contribution in [0.1, 0.15) is 13.3 Å². The number of nitrogens with two attached hydrogens (primary N) is 1. The fourth-order valence-corrected chi connectivity index (χ4v) is 2.65. The molecule has 1 aliphatic rings. The molecular formula is C10H21N3OS. The van der Waals surface area contributed by atoms with Crippen LogP contribution in [0.4, 0.5) is 0 Å². The molecule has 1 saturated heterocycles. The molecule has 1 amide bonds. The van der Waals surface area contributed by atoms with Crippen molar-refractivity contribution in [2.75, 3.05) is 37.7 Å². The standard InChI is InChI=1S/C10H21N3OS/c1-2-9(10(11)14)12-3-4-13-5-7-15-8-6-13/h9,12H,2-8H2,1H3,(H2,11,14). The minimum absolute atomic E-state index is 0.163. The maximum absolute atomic E-state index is 11.0. The maximum atomic E-state index is 11.0. The fourth-order valence-electron chi connectivity index (χ4n) is 1.67. The van der Waals surface area contributed by atoms with Crippen LogP contribution >= 0.6 is 11.8 Å². The van der Waals surface area contributed by atoms with Crippen LogP contribution in [0.15, 0.2) is 0 Å². The zero-order valence-corrected chi connectivity index (χ0v) is 10.2. The molecule has 1 aliphatic heterocycles. The van der Waals surface area contributed by atoms with Crippen LogP contribution in [0.5, 0.6) is 0 Å². The van der Waals surface area contributed by atoms with E-state index in [1.165, 1.54) is 24.6 Å². The Morgan fingerprint density at radius 2 is 2.20 bits per heavy atom. The third-order valence-corrected chi connectivity index (χ3v) is 3.62. The molecular weight excluding hydrogens is 210 g/mol. The number of hydrogen-bond donors (Lipinski definition) is 2. The number of amides is 1. The second-order valence-corrected chi connectivity index (χ2v) is 5.00. The average molecular weight is 231 g/mol. The van der Waals surface area contributed by atoms with Crippen molar-refractivity contribution in [3.05, 3.63) is 0 Å². The van der Waals surface area contributed by atoms with E-state index < -0.39 is 0 Å². The van der Waals surface area contributed by atoms with Crippen molar-refractivity contribution < 1.29 is 4.79 Å². The fraction of sp³-hybridized carbons (Fsp3) is 0.900. The van der Waals surface area contributed by atoms with E-state index in [9.17, 15) is 4.79 Å². The van der Waals surface area contributed by atoms with E-state index in [1.807, 2.05) is 18.7 Å². The normalized spacial score (nSPS) is 20.1. The lowest BCUT2D eigenvalue weighted by Crippen LogP contribution is -2.45. The van der Waals surface area contributed by atoms with Gasteiger partial charge >= 0.3 is 0 Å². The molecule has 0 aromatic carbocycles. The van der Waals surface area contributed by atoms with Gasteiger partial charge in [0.15, 0.2) is 0 Å². The monoisotopic (exact) mass is 231 g/mol. The van der Waals surface area contributed by atoms with Crippen LogP contribution in [0, 0.1) is 0 Å². The molecule has 1 rings (SSSR count). The van der Waals surface area contributed by atoms with Gasteiger partial charge in [0.1, 0.15) is 0 Å². The molecule has 0 spiro atoms. The summed E-state index contributed by atoms with van der Waals surface area (Å²) in [5.41, 5.74) is 5.25. The van der Waals surface area contributed by atoms with Gasteiger partial charge in [-0.1, -0.05) is 6.92 Å². The number of nitrogens with zero attached hydrogens (tertiary/aromatic N) is 1. The molecule has 0 bridgehead atoms. The zero-order valence-electron chi connectivity index (χ0n) is 9.37. The SMILES string of the molecule is CCC(NCCN1CCSCC1)C(N)=O. The summed E-state index contributed by atoms with van der Waals surface area (Å²) in [5, 5.41) is 3.19. The van der Waals surface area contributed by atoms with E-state index in [0.29, 0.717) is 0 Å². The first-order valence-corrected chi connectivity index (χ1v) is 6.72. The minimum atomic E-state index is -0.244. The van der Waals surface area contributed by atoms with E-state index in [4.69, 9.17) is 5.73 Å². The van der Waals surface area contributed by atoms with Gasteiger partial charge in [-0.25, -0.2) is 0 Å². The molecule has 5 heteroatoms. The molecule has 0 radical (unpaired) electrons. The van der Waals surface area contributed by atoms with E-state index >= 15 is 0 Å². The number of rotatable bonds is 6. The summed E-state index contributed by atoms with van der Waals surface area (Å²) in [5.74, 6) is 2.21. The molecule has 1 heterocycles. The molecule has 3 N–H and O–H groups in total. The summed E-state index contributed by atoms with van der Waals surface area (Å²) < 4.78 is 0. The third kappa shape index (κ3) is 4.86. The number of nitrogens with one attached hydrogen (secondary N) is 1. The van der Waals surface area contributed by atoms with Crippen molar-refractivity contribution in [3.8, 4) is 0 Å². The second-order valence-electron chi connectivity index (χ2n) is 3.77. The van der Waals surface area contributed by atoms with Crippen molar-refractivity contribution in [1.29, 1.82) is 0 Å². The number of carbonyl (C=O) groups is 1. The number of primary amides is 1. The lowest BCUT2D eigenvalue weighted by molar-refractivity contribution is -0.120. The van der Waals surface area contributed by atoms with E-state index in [1.54, 1.807) is 0 Å². The summed E-state index contributed by atoms with van der Waals surface area (Å²) in [6, 6.07) is -0.163. The van der Waals surface area contributed by atoms with Crippen LogP contribution in [0.25, 0.3) is 0 Å². The largest absolute Gasteiger partial charge is 0.368 e. The van der Waals surface area contributed by atoms with Crippen LogP contribution in [-0.2, 0) is 4.79 Å². The van der Waals surface area contributed by atoms with Gasteiger partial charge in [0, 0.05) is 37.7 Å². The summed E-state index contributed by atoms with van der Waals surface area (Å²) in [6.45, 7) is 6.18. The van der Waals surface area contributed by atoms with Gasteiger partial charge in [-0.3, -0.25) is 4.79 Å². The van der Waals surface area contributed by atoms with Gasteiger partial charge in [0.25, 0.3) is 0 Å². The quantitative estimate of drug-likeness (QED) is 0.669. The van der Waals surface area contributed by atoms with Gasteiger partial charge in [-0.2, -0.15) is 11.8 Å². The highest BCUT2D eigenvalue weighted by Crippen LogP contribution is 2.07. The predicted molar refractivity (Wildman–Crippen MR) is 65.0 cm³/mol. The molecule has 0 aromatic heterocycles. The first-order valence-electron chi connectivity index (χ1n) is 5.57. The summed E-state index contributed by atoms with van der Waals surface area (Å²) in [6.07, 6.45) is 0.769. The van der Waals surface area contributed by atoms with E-state index in [0.717, 1.165) is 19.5 Å². The number of thioether (sulfide) groups is 1. The lowest BCUT2D eigenvalue weighted by atomic mass is 10.2. The lowest BCUT2D eigenvalue weighted by Gasteiger charge is -2.26. The Balaban J connectivity index is 2.11. The maximum Gasteiger partial charge on any atom is 0.234 e. The van der Waals surface area contributed by atoms with Gasteiger partial charge < -0.3 is 16.0 Å². The van der Waals surface area contributed by atoms with Gasteiger partial charge in [0.2, 0.25) is 5.91 Å². The molecule has 1 fully saturated rings. The molecule has 1 atom stereocenters. The highest BCUT2D eigenvalue weighted by atomic mass is 32.2. The summed E-state index contributed by atoms with van der Waals surface area (Å²) in [7, 11) is 0. The van der Waals surface area contributed by atoms with Crippen molar-refractivity contribution in [2.24, 2.45) is 5.73 Å². The van der Waals surface area contributed by atoms with Crippen LogP contribution in [0.2, 0.25) is 0 Å².